The SMILES string of the molecule is C[C@H](NC(=O)C(C)(C)Oc1ccc(C#N)cc1)C(Cc1ccc(Cl)cc1)c1ccccc1. The van der Waals surface area contributed by atoms with Crippen LogP contribution in [0.4, 0.5) is 0 Å². The molecular weight excluding hydrogens is 420 g/mol. The second-order valence-corrected chi connectivity index (χ2v) is 8.79. The summed E-state index contributed by atoms with van der Waals surface area (Å²) in [5.41, 5.74) is 1.77. The van der Waals surface area contributed by atoms with Crippen molar-refractivity contribution in [2.24, 2.45) is 0 Å². The van der Waals surface area contributed by atoms with E-state index < -0.39 is 5.60 Å². The number of benzene rings is 3. The number of nitrogens with zero attached hydrogens (tertiary/aromatic N) is 1. The maximum absolute atomic E-state index is 13.1. The third kappa shape index (κ3) is 6.12. The average Bonchev–Trinajstić information content (AvgIpc) is 2.79. The highest BCUT2D eigenvalue weighted by atomic mass is 35.5. The number of hydrogen-bond donors (Lipinski definition) is 1. The van der Waals surface area contributed by atoms with Gasteiger partial charge < -0.3 is 10.1 Å². The lowest BCUT2D eigenvalue weighted by Crippen LogP contribution is -2.51. The molecule has 3 aromatic rings. The lowest BCUT2D eigenvalue weighted by Gasteiger charge is -2.31. The minimum Gasteiger partial charge on any atom is -0.478 e. The van der Waals surface area contributed by atoms with Crippen molar-refractivity contribution < 1.29 is 9.53 Å². The number of nitrogens with one attached hydrogen (secondary N) is 1. The first kappa shape index (κ1) is 23.4. The van der Waals surface area contributed by atoms with Gasteiger partial charge in [0.05, 0.1) is 11.6 Å². The van der Waals surface area contributed by atoms with Gasteiger partial charge in [0, 0.05) is 17.0 Å². The summed E-state index contributed by atoms with van der Waals surface area (Å²) in [7, 11) is 0. The number of hydrogen-bond acceptors (Lipinski definition) is 3. The molecule has 0 aliphatic heterocycles. The summed E-state index contributed by atoms with van der Waals surface area (Å²) in [6.07, 6.45) is 0.763. The zero-order valence-corrected chi connectivity index (χ0v) is 19.3. The highest BCUT2D eigenvalue weighted by Gasteiger charge is 2.33. The van der Waals surface area contributed by atoms with Crippen LogP contribution in [-0.2, 0) is 11.2 Å². The first-order valence-electron chi connectivity index (χ1n) is 10.6. The van der Waals surface area contributed by atoms with Crippen molar-refractivity contribution in [3.8, 4) is 11.8 Å². The van der Waals surface area contributed by atoms with Gasteiger partial charge in [-0.1, -0.05) is 54.1 Å². The van der Waals surface area contributed by atoms with Crippen molar-refractivity contribution in [1.82, 2.24) is 5.32 Å². The standard InChI is InChI=1S/C27H27ClN2O2/c1-19(30-26(31)27(2,3)32-24-15-11-21(18-29)12-16-24)25(22-7-5-4-6-8-22)17-20-9-13-23(28)14-10-20/h4-16,19,25H,17H2,1-3H3,(H,30,31)/t19-,25?/m0/s1. The van der Waals surface area contributed by atoms with Gasteiger partial charge in [0.2, 0.25) is 0 Å². The van der Waals surface area contributed by atoms with Crippen LogP contribution in [0.2, 0.25) is 5.02 Å². The number of ether oxygens (including phenoxy) is 1. The van der Waals surface area contributed by atoms with Gasteiger partial charge in [-0.2, -0.15) is 5.26 Å². The summed E-state index contributed by atoms with van der Waals surface area (Å²) in [4.78, 5) is 13.1. The summed E-state index contributed by atoms with van der Waals surface area (Å²) >= 11 is 6.04. The molecule has 0 bridgehead atoms. The van der Waals surface area contributed by atoms with Crippen LogP contribution >= 0.6 is 11.6 Å². The van der Waals surface area contributed by atoms with E-state index in [2.05, 4.69) is 23.5 Å². The molecule has 0 spiro atoms. The Morgan fingerprint density at radius 3 is 2.25 bits per heavy atom. The minimum absolute atomic E-state index is 0.0760. The molecule has 3 aromatic carbocycles. The van der Waals surface area contributed by atoms with E-state index in [1.165, 1.54) is 0 Å². The topological polar surface area (TPSA) is 62.1 Å². The Hall–Kier alpha value is -3.29. The molecule has 32 heavy (non-hydrogen) atoms. The molecule has 0 heterocycles. The maximum atomic E-state index is 13.1. The van der Waals surface area contributed by atoms with E-state index in [1.807, 2.05) is 49.4 Å². The first-order valence-corrected chi connectivity index (χ1v) is 11.0. The molecule has 5 heteroatoms. The zero-order valence-electron chi connectivity index (χ0n) is 18.5. The van der Waals surface area contributed by atoms with E-state index in [0.29, 0.717) is 16.3 Å². The quantitative estimate of drug-likeness (QED) is 0.468. The van der Waals surface area contributed by atoms with Crippen LogP contribution in [0.25, 0.3) is 0 Å². The summed E-state index contributed by atoms with van der Waals surface area (Å²) in [5.74, 6) is 0.413. The van der Waals surface area contributed by atoms with Crippen LogP contribution in [-0.4, -0.2) is 17.6 Å². The van der Waals surface area contributed by atoms with Crippen molar-refractivity contribution in [3.63, 3.8) is 0 Å². The monoisotopic (exact) mass is 446 g/mol. The van der Waals surface area contributed by atoms with Gasteiger partial charge >= 0.3 is 0 Å². The summed E-state index contributed by atoms with van der Waals surface area (Å²) in [5, 5.41) is 12.8. The highest BCUT2D eigenvalue weighted by Crippen LogP contribution is 2.26. The second kappa shape index (κ2) is 10.3. The van der Waals surface area contributed by atoms with Crippen molar-refractivity contribution >= 4 is 17.5 Å². The van der Waals surface area contributed by atoms with E-state index in [1.54, 1.807) is 38.1 Å². The van der Waals surface area contributed by atoms with Crippen LogP contribution in [0.1, 0.15) is 43.4 Å². The molecular formula is C27H27ClN2O2. The smallest absolute Gasteiger partial charge is 0.263 e. The third-order valence-electron chi connectivity index (χ3n) is 5.46. The van der Waals surface area contributed by atoms with Crippen LogP contribution < -0.4 is 10.1 Å². The van der Waals surface area contributed by atoms with Gasteiger partial charge in [-0.25, -0.2) is 0 Å². The van der Waals surface area contributed by atoms with E-state index >= 15 is 0 Å². The lowest BCUT2D eigenvalue weighted by atomic mass is 9.86. The predicted molar refractivity (Wildman–Crippen MR) is 128 cm³/mol. The Kier molecular flexibility index (Phi) is 7.56. The molecule has 0 aromatic heterocycles. The van der Waals surface area contributed by atoms with E-state index in [0.717, 1.165) is 17.5 Å². The fraction of sp³-hybridized carbons (Fsp3) is 0.259. The maximum Gasteiger partial charge on any atom is 0.263 e. The van der Waals surface area contributed by atoms with Gasteiger partial charge in [-0.05, 0) is 74.7 Å². The molecule has 0 aliphatic carbocycles. The lowest BCUT2D eigenvalue weighted by molar-refractivity contribution is -0.135. The van der Waals surface area contributed by atoms with Gasteiger partial charge in [-0.15, -0.1) is 0 Å². The third-order valence-corrected chi connectivity index (χ3v) is 5.71. The highest BCUT2D eigenvalue weighted by molar-refractivity contribution is 6.30. The molecule has 1 amide bonds. The predicted octanol–water partition coefficient (Wildman–Crippen LogP) is 5.90. The molecule has 3 rings (SSSR count). The summed E-state index contributed by atoms with van der Waals surface area (Å²) in [6.45, 7) is 5.50. The number of carbonyl (C=O) groups excluding carboxylic acids is 1. The molecule has 164 valence electrons. The zero-order chi connectivity index (χ0) is 23.1. The molecule has 0 saturated carbocycles. The average molecular weight is 447 g/mol. The number of carbonyl (C=O) groups is 1. The molecule has 1 N–H and O–H groups in total. The first-order chi connectivity index (χ1) is 15.3. The van der Waals surface area contributed by atoms with E-state index in [9.17, 15) is 4.79 Å². The fourth-order valence-corrected chi connectivity index (χ4v) is 3.70. The molecule has 0 fully saturated rings. The van der Waals surface area contributed by atoms with Gasteiger partial charge in [0.25, 0.3) is 5.91 Å². The van der Waals surface area contributed by atoms with Gasteiger partial charge in [-0.3, -0.25) is 4.79 Å². The molecule has 0 saturated heterocycles. The number of amides is 1. The minimum atomic E-state index is -1.08. The normalized spacial score (nSPS) is 13.0. The number of halogens is 1. The summed E-state index contributed by atoms with van der Waals surface area (Å²) in [6, 6.07) is 26.7. The van der Waals surface area contributed by atoms with Crippen LogP contribution in [0, 0.1) is 11.3 Å². The van der Waals surface area contributed by atoms with E-state index in [4.69, 9.17) is 21.6 Å². The van der Waals surface area contributed by atoms with Crippen LogP contribution in [0.5, 0.6) is 5.75 Å². The van der Waals surface area contributed by atoms with E-state index in [-0.39, 0.29) is 17.9 Å². The van der Waals surface area contributed by atoms with Crippen molar-refractivity contribution in [2.45, 2.75) is 44.8 Å². The molecule has 0 aliphatic rings. The number of rotatable bonds is 8. The van der Waals surface area contributed by atoms with Crippen LogP contribution in [0.15, 0.2) is 78.9 Å². The molecule has 4 nitrogen and oxygen atoms in total. The Morgan fingerprint density at radius 1 is 1.03 bits per heavy atom. The summed E-state index contributed by atoms with van der Waals surface area (Å²) < 4.78 is 5.94. The molecule has 0 radical (unpaired) electrons. The largest absolute Gasteiger partial charge is 0.478 e. The Balaban J connectivity index is 1.74. The Bertz CT molecular complexity index is 1070. The fourth-order valence-electron chi connectivity index (χ4n) is 3.58. The van der Waals surface area contributed by atoms with Gasteiger partial charge in [0.1, 0.15) is 5.75 Å². The van der Waals surface area contributed by atoms with Crippen LogP contribution in [0.3, 0.4) is 0 Å². The van der Waals surface area contributed by atoms with Crippen molar-refractivity contribution in [2.75, 3.05) is 0 Å². The Morgan fingerprint density at radius 2 is 1.66 bits per heavy atom. The van der Waals surface area contributed by atoms with Crippen molar-refractivity contribution in [3.05, 3.63) is 101 Å². The van der Waals surface area contributed by atoms with Crippen molar-refractivity contribution in [1.29, 1.82) is 5.26 Å². The molecule has 1 unspecified atom stereocenters. The number of nitriles is 1. The molecule has 2 atom stereocenters. The second-order valence-electron chi connectivity index (χ2n) is 8.36. The Labute approximate surface area is 194 Å². The van der Waals surface area contributed by atoms with Gasteiger partial charge in [0.15, 0.2) is 5.60 Å².